The zero-order valence-electron chi connectivity index (χ0n) is 10.0. The average Bonchev–Trinajstić information content (AvgIpc) is 3.12. The molecule has 94 valence electrons. The highest BCUT2D eigenvalue weighted by molar-refractivity contribution is 7.09. The second-order valence-electron chi connectivity index (χ2n) is 4.68. The van der Waals surface area contributed by atoms with Gasteiger partial charge in [0.2, 0.25) is 0 Å². The van der Waals surface area contributed by atoms with Crippen LogP contribution in [0.1, 0.15) is 35.0 Å². The van der Waals surface area contributed by atoms with Gasteiger partial charge in [-0.25, -0.2) is 4.98 Å². The molecule has 0 radical (unpaired) electrons. The summed E-state index contributed by atoms with van der Waals surface area (Å²) in [5.74, 6) is 0.764. The van der Waals surface area contributed by atoms with Crippen molar-refractivity contribution in [3.8, 4) is 0 Å². The Labute approximate surface area is 116 Å². The summed E-state index contributed by atoms with van der Waals surface area (Å²) < 4.78 is 0. The van der Waals surface area contributed by atoms with Crippen LogP contribution in [-0.4, -0.2) is 4.98 Å². The Morgan fingerprint density at radius 3 is 2.72 bits per heavy atom. The van der Waals surface area contributed by atoms with E-state index in [0.29, 0.717) is 0 Å². The molecular formula is C14H15ClN2S. The van der Waals surface area contributed by atoms with Crippen LogP contribution in [0, 0.1) is 0 Å². The molecule has 0 spiro atoms. The lowest BCUT2D eigenvalue weighted by molar-refractivity contribution is 0.681. The first-order valence-electron chi connectivity index (χ1n) is 6.21. The van der Waals surface area contributed by atoms with E-state index in [1.165, 1.54) is 23.4 Å². The third kappa shape index (κ3) is 3.10. The summed E-state index contributed by atoms with van der Waals surface area (Å²) in [6, 6.07) is 7.94. The minimum absolute atomic E-state index is 0.764. The van der Waals surface area contributed by atoms with Crippen molar-refractivity contribution >= 4 is 22.9 Å². The van der Waals surface area contributed by atoms with Crippen molar-refractivity contribution in [1.82, 2.24) is 10.3 Å². The molecule has 2 aromatic rings. The minimum Gasteiger partial charge on any atom is -0.307 e. The summed E-state index contributed by atoms with van der Waals surface area (Å²) in [4.78, 5) is 4.65. The number of nitrogens with one attached hydrogen (secondary N) is 1. The van der Waals surface area contributed by atoms with Gasteiger partial charge in [0, 0.05) is 29.4 Å². The molecule has 1 aliphatic carbocycles. The number of halogens is 1. The summed E-state index contributed by atoms with van der Waals surface area (Å²) in [6.45, 7) is 1.69. The van der Waals surface area contributed by atoms with Gasteiger partial charge in [0.1, 0.15) is 0 Å². The lowest BCUT2D eigenvalue weighted by Crippen LogP contribution is -2.12. The standard InChI is InChI=1S/C14H15ClN2S/c15-12-5-1-10(2-6-12)7-16-8-13-9-18-14(17-13)11-3-4-11/h1-2,5-6,9,11,16H,3-4,7-8H2. The van der Waals surface area contributed by atoms with E-state index < -0.39 is 0 Å². The second-order valence-corrected chi connectivity index (χ2v) is 6.01. The SMILES string of the molecule is Clc1ccc(CNCc2csc(C3CC3)n2)cc1. The molecular weight excluding hydrogens is 264 g/mol. The maximum Gasteiger partial charge on any atom is 0.0959 e. The predicted molar refractivity (Wildman–Crippen MR) is 76.1 cm³/mol. The predicted octanol–water partition coefficient (Wildman–Crippen LogP) is 3.96. The van der Waals surface area contributed by atoms with Crippen LogP contribution in [-0.2, 0) is 13.1 Å². The van der Waals surface area contributed by atoms with E-state index in [2.05, 4.69) is 15.7 Å². The van der Waals surface area contributed by atoms with E-state index >= 15 is 0 Å². The monoisotopic (exact) mass is 278 g/mol. The maximum absolute atomic E-state index is 5.85. The highest BCUT2D eigenvalue weighted by Gasteiger charge is 2.26. The number of aromatic nitrogens is 1. The van der Waals surface area contributed by atoms with E-state index in [1.54, 1.807) is 11.3 Å². The Kier molecular flexibility index (Phi) is 3.64. The topological polar surface area (TPSA) is 24.9 Å². The third-order valence-corrected chi connectivity index (χ3v) is 4.35. The highest BCUT2D eigenvalue weighted by Crippen LogP contribution is 2.41. The summed E-state index contributed by atoms with van der Waals surface area (Å²) in [7, 11) is 0. The van der Waals surface area contributed by atoms with E-state index in [0.717, 1.165) is 29.7 Å². The molecule has 1 fully saturated rings. The molecule has 1 aromatic heterocycles. The smallest absolute Gasteiger partial charge is 0.0959 e. The van der Waals surface area contributed by atoms with Crippen molar-refractivity contribution in [1.29, 1.82) is 0 Å². The number of thiazole rings is 1. The molecule has 4 heteroatoms. The lowest BCUT2D eigenvalue weighted by Gasteiger charge is -2.03. The molecule has 18 heavy (non-hydrogen) atoms. The van der Waals surface area contributed by atoms with Crippen molar-refractivity contribution < 1.29 is 0 Å². The summed E-state index contributed by atoms with van der Waals surface area (Å²) in [5.41, 5.74) is 2.41. The zero-order chi connectivity index (χ0) is 12.4. The summed E-state index contributed by atoms with van der Waals surface area (Å²) >= 11 is 7.65. The van der Waals surface area contributed by atoms with Gasteiger partial charge in [0.15, 0.2) is 0 Å². The van der Waals surface area contributed by atoms with Crippen molar-refractivity contribution in [3.63, 3.8) is 0 Å². The van der Waals surface area contributed by atoms with E-state index in [-0.39, 0.29) is 0 Å². The van der Waals surface area contributed by atoms with Gasteiger partial charge in [-0.3, -0.25) is 0 Å². The Bertz CT molecular complexity index is 517. The van der Waals surface area contributed by atoms with Crippen molar-refractivity contribution in [3.05, 3.63) is 50.9 Å². The first kappa shape index (κ1) is 12.2. The van der Waals surface area contributed by atoms with Crippen LogP contribution >= 0.6 is 22.9 Å². The van der Waals surface area contributed by atoms with Crippen LogP contribution in [0.25, 0.3) is 0 Å². The quantitative estimate of drug-likeness (QED) is 0.895. The Hall–Kier alpha value is -0.900. The summed E-state index contributed by atoms with van der Waals surface area (Å²) in [5, 5.41) is 7.68. The van der Waals surface area contributed by atoms with Crippen molar-refractivity contribution in [2.24, 2.45) is 0 Å². The fourth-order valence-electron chi connectivity index (χ4n) is 1.86. The minimum atomic E-state index is 0.764. The largest absolute Gasteiger partial charge is 0.307 e. The van der Waals surface area contributed by atoms with E-state index in [9.17, 15) is 0 Å². The molecule has 0 unspecified atom stereocenters. The third-order valence-electron chi connectivity index (χ3n) is 3.04. The molecule has 0 bridgehead atoms. The van der Waals surface area contributed by atoms with Crippen LogP contribution in [0.4, 0.5) is 0 Å². The van der Waals surface area contributed by atoms with Crippen LogP contribution in [0.15, 0.2) is 29.6 Å². The zero-order valence-corrected chi connectivity index (χ0v) is 11.6. The molecule has 0 aliphatic heterocycles. The second kappa shape index (κ2) is 5.39. The fourth-order valence-corrected chi connectivity index (χ4v) is 2.98. The highest BCUT2D eigenvalue weighted by atomic mass is 35.5. The Morgan fingerprint density at radius 2 is 2.00 bits per heavy atom. The Morgan fingerprint density at radius 1 is 1.22 bits per heavy atom. The first-order chi connectivity index (χ1) is 8.81. The molecule has 1 aromatic carbocycles. The average molecular weight is 279 g/mol. The molecule has 1 aliphatic rings. The van der Waals surface area contributed by atoms with Gasteiger partial charge >= 0.3 is 0 Å². The number of rotatable bonds is 5. The van der Waals surface area contributed by atoms with Crippen LogP contribution in [0.2, 0.25) is 5.02 Å². The fraction of sp³-hybridized carbons (Fsp3) is 0.357. The van der Waals surface area contributed by atoms with Crippen LogP contribution in [0.5, 0.6) is 0 Å². The number of hydrogen-bond acceptors (Lipinski definition) is 3. The summed E-state index contributed by atoms with van der Waals surface area (Å²) in [6.07, 6.45) is 2.65. The van der Waals surface area contributed by atoms with Gasteiger partial charge < -0.3 is 5.32 Å². The van der Waals surface area contributed by atoms with E-state index in [4.69, 9.17) is 11.6 Å². The van der Waals surface area contributed by atoms with Gasteiger partial charge in [0.05, 0.1) is 10.7 Å². The lowest BCUT2D eigenvalue weighted by atomic mass is 10.2. The number of hydrogen-bond donors (Lipinski definition) is 1. The van der Waals surface area contributed by atoms with Gasteiger partial charge in [-0.15, -0.1) is 11.3 Å². The molecule has 2 nitrogen and oxygen atoms in total. The van der Waals surface area contributed by atoms with Crippen molar-refractivity contribution in [2.75, 3.05) is 0 Å². The first-order valence-corrected chi connectivity index (χ1v) is 7.46. The maximum atomic E-state index is 5.85. The van der Waals surface area contributed by atoms with Gasteiger partial charge in [0.25, 0.3) is 0 Å². The number of benzene rings is 1. The normalized spacial score (nSPS) is 14.9. The van der Waals surface area contributed by atoms with Crippen LogP contribution in [0.3, 0.4) is 0 Å². The van der Waals surface area contributed by atoms with Crippen molar-refractivity contribution in [2.45, 2.75) is 31.8 Å². The molecule has 0 amide bonds. The molecule has 1 N–H and O–H groups in total. The van der Waals surface area contributed by atoms with Gasteiger partial charge in [-0.1, -0.05) is 23.7 Å². The van der Waals surface area contributed by atoms with Crippen LogP contribution < -0.4 is 5.32 Å². The molecule has 0 saturated heterocycles. The Balaban J connectivity index is 1.49. The molecule has 1 heterocycles. The molecule has 1 saturated carbocycles. The van der Waals surface area contributed by atoms with Gasteiger partial charge in [-0.2, -0.15) is 0 Å². The van der Waals surface area contributed by atoms with E-state index in [1.807, 2.05) is 24.3 Å². The molecule has 3 rings (SSSR count). The molecule has 0 atom stereocenters. The van der Waals surface area contributed by atoms with Gasteiger partial charge in [-0.05, 0) is 30.5 Å². The number of nitrogens with zero attached hydrogens (tertiary/aromatic N) is 1.